The molecule has 0 fully saturated rings. The van der Waals surface area contributed by atoms with Gasteiger partial charge in [-0.2, -0.15) is 13.2 Å². The van der Waals surface area contributed by atoms with Gasteiger partial charge in [0.15, 0.2) is 6.79 Å². The summed E-state index contributed by atoms with van der Waals surface area (Å²) in [5.41, 5.74) is 0.534. The first kappa shape index (κ1) is 17.7. The summed E-state index contributed by atoms with van der Waals surface area (Å²) in [7, 11) is 0. The minimum absolute atomic E-state index is 0.301. The molecule has 0 unspecified atom stereocenters. The van der Waals surface area contributed by atoms with Crippen molar-refractivity contribution in [3.63, 3.8) is 0 Å². The minimum atomic E-state index is -4.40. The molecule has 0 aliphatic carbocycles. The number of rotatable bonds is 8. The normalized spacial score (nSPS) is 12.0. The van der Waals surface area contributed by atoms with E-state index in [1.165, 1.54) is 18.2 Å². The lowest BCUT2D eigenvalue weighted by Gasteiger charge is -2.14. The first-order valence-corrected chi connectivity index (χ1v) is 6.54. The van der Waals surface area contributed by atoms with E-state index in [4.69, 9.17) is 4.74 Å². The van der Waals surface area contributed by atoms with Crippen molar-refractivity contribution in [1.82, 2.24) is 5.32 Å². The molecule has 0 atom stereocenters. The van der Waals surface area contributed by atoms with Gasteiger partial charge in [0.05, 0.1) is 0 Å². The lowest BCUT2D eigenvalue weighted by Crippen LogP contribution is -2.21. The molecule has 0 aliphatic rings. The lowest BCUT2D eigenvalue weighted by atomic mass is 10.1. The van der Waals surface area contributed by atoms with Crippen LogP contribution in [0.3, 0.4) is 0 Å². The molecule has 0 saturated heterocycles. The Morgan fingerprint density at radius 1 is 1.24 bits per heavy atom. The van der Waals surface area contributed by atoms with E-state index in [1.54, 1.807) is 0 Å². The minimum Gasteiger partial charge on any atom is -0.467 e. The van der Waals surface area contributed by atoms with Crippen LogP contribution < -0.4 is 10.1 Å². The van der Waals surface area contributed by atoms with Gasteiger partial charge in [0, 0.05) is 12.1 Å². The first-order valence-electron chi connectivity index (χ1n) is 6.54. The Labute approximate surface area is 121 Å². The van der Waals surface area contributed by atoms with Crippen LogP contribution in [0.15, 0.2) is 18.2 Å². The van der Waals surface area contributed by atoms with E-state index in [9.17, 15) is 17.6 Å². The van der Waals surface area contributed by atoms with Crippen molar-refractivity contribution in [3.05, 3.63) is 29.6 Å². The van der Waals surface area contributed by atoms with E-state index < -0.39 is 25.4 Å². The number of alkyl halides is 3. The molecule has 0 heterocycles. The van der Waals surface area contributed by atoms with Crippen LogP contribution in [-0.4, -0.2) is 26.1 Å². The Bertz CT molecular complexity index is 435. The SMILES string of the molecule is CC(C)CNCc1cc(F)ccc1OCOCC(F)(F)F. The molecule has 120 valence electrons. The number of benzene rings is 1. The van der Waals surface area contributed by atoms with Crippen LogP contribution in [0.5, 0.6) is 5.75 Å². The zero-order valence-electron chi connectivity index (χ0n) is 12.0. The van der Waals surface area contributed by atoms with Crippen LogP contribution >= 0.6 is 0 Å². The fourth-order valence-corrected chi connectivity index (χ4v) is 1.59. The molecule has 3 nitrogen and oxygen atoms in total. The summed E-state index contributed by atoms with van der Waals surface area (Å²) in [4.78, 5) is 0. The maximum absolute atomic E-state index is 13.2. The molecule has 0 spiro atoms. The number of nitrogens with one attached hydrogen (secondary N) is 1. The van der Waals surface area contributed by atoms with Crippen LogP contribution in [0.4, 0.5) is 17.6 Å². The van der Waals surface area contributed by atoms with E-state index in [0.29, 0.717) is 23.8 Å². The Balaban J connectivity index is 2.52. The quantitative estimate of drug-likeness (QED) is 0.453. The van der Waals surface area contributed by atoms with Gasteiger partial charge in [0.25, 0.3) is 0 Å². The summed E-state index contributed by atoms with van der Waals surface area (Å²) < 4.78 is 58.4. The predicted octanol–water partition coefficient (Wildman–Crippen LogP) is 3.49. The highest BCUT2D eigenvalue weighted by atomic mass is 19.4. The fourth-order valence-electron chi connectivity index (χ4n) is 1.59. The molecule has 7 heteroatoms. The maximum atomic E-state index is 13.2. The molecule has 1 aromatic carbocycles. The second kappa shape index (κ2) is 8.19. The Hall–Kier alpha value is -1.34. The van der Waals surface area contributed by atoms with Crippen LogP contribution in [-0.2, 0) is 11.3 Å². The molecule has 21 heavy (non-hydrogen) atoms. The van der Waals surface area contributed by atoms with Crippen LogP contribution in [0, 0.1) is 11.7 Å². The summed E-state index contributed by atoms with van der Waals surface area (Å²) in [6.45, 7) is 3.24. The molecule has 0 aromatic heterocycles. The van der Waals surface area contributed by atoms with E-state index in [1.807, 2.05) is 13.8 Å². The van der Waals surface area contributed by atoms with Gasteiger partial charge in [0.1, 0.15) is 18.2 Å². The molecule has 0 aliphatic heterocycles. The third-order valence-corrected chi connectivity index (χ3v) is 2.45. The average molecular weight is 309 g/mol. The van der Waals surface area contributed by atoms with Gasteiger partial charge < -0.3 is 14.8 Å². The second-order valence-corrected chi connectivity index (χ2v) is 5.00. The first-order chi connectivity index (χ1) is 9.78. The number of ether oxygens (including phenoxy) is 2. The molecule has 1 N–H and O–H groups in total. The van der Waals surface area contributed by atoms with Crippen molar-refractivity contribution in [2.45, 2.75) is 26.6 Å². The van der Waals surface area contributed by atoms with E-state index in [0.717, 1.165) is 6.54 Å². The Morgan fingerprint density at radius 2 is 1.95 bits per heavy atom. The second-order valence-electron chi connectivity index (χ2n) is 5.00. The van der Waals surface area contributed by atoms with Gasteiger partial charge in [-0.3, -0.25) is 0 Å². The monoisotopic (exact) mass is 309 g/mol. The van der Waals surface area contributed by atoms with Crippen LogP contribution in [0.1, 0.15) is 19.4 Å². The van der Waals surface area contributed by atoms with Gasteiger partial charge in [-0.25, -0.2) is 4.39 Å². The van der Waals surface area contributed by atoms with Gasteiger partial charge in [-0.15, -0.1) is 0 Å². The molecular formula is C14H19F4NO2. The third kappa shape index (κ3) is 7.87. The summed E-state index contributed by atoms with van der Waals surface area (Å²) in [5.74, 6) is 0.299. The zero-order valence-corrected chi connectivity index (χ0v) is 12.0. The van der Waals surface area contributed by atoms with Gasteiger partial charge in [-0.05, 0) is 30.7 Å². The largest absolute Gasteiger partial charge is 0.467 e. The van der Waals surface area contributed by atoms with Crippen molar-refractivity contribution in [2.24, 2.45) is 5.92 Å². The van der Waals surface area contributed by atoms with Gasteiger partial charge in [-0.1, -0.05) is 13.8 Å². The van der Waals surface area contributed by atoms with Crippen molar-refractivity contribution in [3.8, 4) is 5.75 Å². The molecular weight excluding hydrogens is 290 g/mol. The highest BCUT2D eigenvalue weighted by Gasteiger charge is 2.27. The Morgan fingerprint density at radius 3 is 2.57 bits per heavy atom. The molecule has 0 radical (unpaired) electrons. The van der Waals surface area contributed by atoms with E-state index >= 15 is 0 Å². The summed E-state index contributed by atoms with van der Waals surface area (Å²) >= 11 is 0. The number of hydrogen-bond acceptors (Lipinski definition) is 3. The van der Waals surface area contributed by atoms with Crippen molar-refractivity contribution >= 4 is 0 Å². The van der Waals surface area contributed by atoms with E-state index in [-0.39, 0.29) is 0 Å². The standard InChI is InChI=1S/C14H19F4NO2/c1-10(2)6-19-7-11-5-12(15)3-4-13(11)21-9-20-8-14(16,17)18/h3-5,10,19H,6-9H2,1-2H3. The highest BCUT2D eigenvalue weighted by Crippen LogP contribution is 2.20. The van der Waals surface area contributed by atoms with Crippen molar-refractivity contribution in [1.29, 1.82) is 0 Å². The van der Waals surface area contributed by atoms with Crippen molar-refractivity contribution in [2.75, 3.05) is 19.9 Å². The zero-order chi connectivity index (χ0) is 15.9. The van der Waals surface area contributed by atoms with E-state index in [2.05, 4.69) is 10.1 Å². The fraction of sp³-hybridized carbons (Fsp3) is 0.571. The average Bonchev–Trinajstić information content (AvgIpc) is 2.35. The number of hydrogen-bond donors (Lipinski definition) is 1. The van der Waals surface area contributed by atoms with Crippen molar-refractivity contribution < 1.29 is 27.0 Å². The van der Waals surface area contributed by atoms with Crippen LogP contribution in [0.25, 0.3) is 0 Å². The molecule has 1 rings (SSSR count). The summed E-state index contributed by atoms with van der Waals surface area (Å²) in [5, 5.41) is 3.12. The van der Waals surface area contributed by atoms with Gasteiger partial charge in [0.2, 0.25) is 0 Å². The Kier molecular flexibility index (Phi) is 6.91. The number of halogens is 4. The predicted molar refractivity (Wildman–Crippen MR) is 70.4 cm³/mol. The molecule has 0 bridgehead atoms. The molecule has 0 amide bonds. The lowest BCUT2D eigenvalue weighted by molar-refractivity contribution is -0.186. The molecule has 1 aromatic rings. The smallest absolute Gasteiger partial charge is 0.411 e. The third-order valence-electron chi connectivity index (χ3n) is 2.45. The molecule has 0 saturated carbocycles. The maximum Gasteiger partial charge on any atom is 0.411 e. The highest BCUT2D eigenvalue weighted by molar-refractivity contribution is 5.33. The topological polar surface area (TPSA) is 30.5 Å². The summed E-state index contributed by atoms with van der Waals surface area (Å²) in [6, 6.07) is 3.84. The van der Waals surface area contributed by atoms with Gasteiger partial charge >= 0.3 is 6.18 Å². The summed E-state index contributed by atoms with van der Waals surface area (Å²) in [6.07, 6.45) is -4.40. The van der Waals surface area contributed by atoms with Crippen LogP contribution in [0.2, 0.25) is 0 Å².